The van der Waals surface area contributed by atoms with E-state index in [1.807, 2.05) is 6.92 Å². The number of nitrogens with one attached hydrogen (secondary N) is 1. The van der Waals surface area contributed by atoms with Crippen molar-refractivity contribution in [3.8, 4) is 0 Å². The molecule has 0 aliphatic rings. The van der Waals surface area contributed by atoms with Crippen molar-refractivity contribution in [1.29, 1.82) is 0 Å². The minimum Gasteiger partial charge on any atom is -0.375 e. The van der Waals surface area contributed by atoms with Crippen molar-refractivity contribution in [2.45, 2.75) is 66.2 Å². The first-order valence-electron chi connectivity index (χ1n) is 6.64. The maximum atomic E-state index is 5.45. The third-order valence-corrected chi connectivity index (χ3v) is 3.58. The lowest BCUT2D eigenvalue weighted by molar-refractivity contribution is 0.133. The summed E-state index contributed by atoms with van der Waals surface area (Å²) in [4.78, 5) is 6.09. The second-order valence-corrected chi connectivity index (χ2v) is 6.97. The van der Waals surface area contributed by atoms with Crippen LogP contribution in [0.15, 0.2) is 0 Å². The molecule has 0 saturated carbocycles. The monoisotopic (exact) mass is 270 g/mol. The van der Waals surface area contributed by atoms with Crippen LogP contribution in [0.1, 0.15) is 57.1 Å². The van der Waals surface area contributed by atoms with Gasteiger partial charge in [-0.25, -0.2) is 4.98 Å². The van der Waals surface area contributed by atoms with Gasteiger partial charge in [0.25, 0.3) is 0 Å². The summed E-state index contributed by atoms with van der Waals surface area (Å²) in [5.74, 6) is 0. The summed E-state index contributed by atoms with van der Waals surface area (Å²) in [5, 5.41) is 4.56. The molecule has 0 aliphatic carbocycles. The number of thiazole rings is 1. The Bertz CT molecular complexity index is 366. The fourth-order valence-corrected chi connectivity index (χ4v) is 2.82. The van der Waals surface area contributed by atoms with Crippen LogP contribution in [0.4, 0.5) is 0 Å². The molecule has 104 valence electrons. The molecule has 0 atom stereocenters. The fraction of sp³-hybridized carbons (Fsp3) is 0.786. The van der Waals surface area contributed by atoms with E-state index in [0.717, 1.165) is 18.2 Å². The lowest BCUT2D eigenvalue weighted by atomic mass is 9.91. The Balaban J connectivity index is 2.87. The number of nitrogens with zero attached hydrogens (tertiary/aromatic N) is 1. The van der Waals surface area contributed by atoms with E-state index in [2.05, 4.69) is 39.9 Å². The van der Waals surface area contributed by atoms with Crippen molar-refractivity contribution in [2.24, 2.45) is 0 Å². The van der Waals surface area contributed by atoms with Gasteiger partial charge in [0.2, 0.25) is 0 Å². The number of rotatable bonds is 6. The van der Waals surface area contributed by atoms with E-state index in [9.17, 15) is 0 Å². The summed E-state index contributed by atoms with van der Waals surface area (Å²) in [5.41, 5.74) is 1.30. The Morgan fingerprint density at radius 1 is 1.33 bits per heavy atom. The predicted octanol–water partition coefficient (Wildman–Crippen LogP) is 3.48. The summed E-state index contributed by atoms with van der Waals surface area (Å²) >= 11 is 1.77. The van der Waals surface area contributed by atoms with Crippen molar-refractivity contribution < 1.29 is 4.74 Å². The first kappa shape index (κ1) is 15.6. The molecule has 1 aromatic heterocycles. The van der Waals surface area contributed by atoms with Crippen molar-refractivity contribution in [1.82, 2.24) is 10.3 Å². The Labute approximate surface area is 115 Å². The van der Waals surface area contributed by atoms with E-state index in [1.165, 1.54) is 10.6 Å². The van der Waals surface area contributed by atoms with Crippen LogP contribution < -0.4 is 5.32 Å². The van der Waals surface area contributed by atoms with E-state index in [-0.39, 0.29) is 5.41 Å². The third kappa shape index (κ3) is 4.67. The van der Waals surface area contributed by atoms with Gasteiger partial charge in [-0.3, -0.25) is 0 Å². The molecule has 0 radical (unpaired) electrons. The van der Waals surface area contributed by atoms with Gasteiger partial charge in [0, 0.05) is 29.5 Å². The van der Waals surface area contributed by atoms with Gasteiger partial charge in [0.1, 0.15) is 5.01 Å². The van der Waals surface area contributed by atoms with Crippen molar-refractivity contribution >= 4 is 11.3 Å². The Hall–Kier alpha value is -0.450. The van der Waals surface area contributed by atoms with Crippen LogP contribution >= 0.6 is 11.3 Å². The molecule has 1 rings (SSSR count). The quantitative estimate of drug-likeness (QED) is 0.859. The molecule has 18 heavy (non-hydrogen) atoms. The normalized spacial score (nSPS) is 12.4. The topological polar surface area (TPSA) is 34.1 Å². The maximum Gasteiger partial charge on any atom is 0.119 e. The Morgan fingerprint density at radius 3 is 2.50 bits per heavy atom. The first-order chi connectivity index (χ1) is 8.34. The van der Waals surface area contributed by atoms with Gasteiger partial charge in [-0.1, -0.05) is 34.6 Å². The summed E-state index contributed by atoms with van der Waals surface area (Å²) in [7, 11) is 0. The number of ether oxygens (including phenoxy) is 1. The molecule has 3 nitrogen and oxygen atoms in total. The molecule has 4 heteroatoms. The van der Waals surface area contributed by atoms with Crippen molar-refractivity contribution in [3.05, 3.63) is 15.6 Å². The smallest absolute Gasteiger partial charge is 0.119 e. The molecule has 0 bridgehead atoms. The largest absolute Gasteiger partial charge is 0.375 e. The van der Waals surface area contributed by atoms with Gasteiger partial charge < -0.3 is 10.1 Å². The summed E-state index contributed by atoms with van der Waals surface area (Å²) in [6, 6.07) is 0.496. The van der Waals surface area contributed by atoms with E-state index >= 15 is 0 Å². The SMILES string of the molecule is CCOCc1nc(C(C)(C)C)c(CNC(C)C)s1. The Kier molecular flexibility index (Phi) is 5.76. The van der Waals surface area contributed by atoms with Gasteiger partial charge in [-0.15, -0.1) is 11.3 Å². The molecule has 0 saturated heterocycles. The zero-order chi connectivity index (χ0) is 13.8. The van der Waals surface area contributed by atoms with Gasteiger partial charge in [-0.05, 0) is 6.92 Å². The molecule has 1 aromatic rings. The van der Waals surface area contributed by atoms with E-state index in [4.69, 9.17) is 9.72 Å². The first-order valence-corrected chi connectivity index (χ1v) is 7.46. The summed E-state index contributed by atoms with van der Waals surface area (Å²) in [6.07, 6.45) is 0. The molecular weight excluding hydrogens is 244 g/mol. The van der Waals surface area contributed by atoms with Crippen molar-refractivity contribution in [2.75, 3.05) is 6.61 Å². The second kappa shape index (κ2) is 6.64. The van der Waals surface area contributed by atoms with Crippen LogP contribution in [0, 0.1) is 0 Å². The molecule has 0 aromatic carbocycles. The molecule has 0 aliphatic heterocycles. The van der Waals surface area contributed by atoms with Crippen LogP contribution in [0.3, 0.4) is 0 Å². The zero-order valence-electron chi connectivity index (χ0n) is 12.5. The number of hydrogen-bond donors (Lipinski definition) is 1. The highest BCUT2D eigenvalue weighted by Crippen LogP contribution is 2.30. The third-order valence-electron chi connectivity index (χ3n) is 2.55. The van der Waals surface area contributed by atoms with Gasteiger partial charge in [0.05, 0.1) is 12.3 Å². The van der Waals surface area contributed by atoms with Crippen LogP contribution in [0.2, 0.25) is 0 Å². The van der Waals surface area contributed by atoms with Crippen molar-refractivity contribution in [3.63, 3.8) is 0 Å². The van der Waals surface area contributed by atoms with Gasteiger partial charge in [-0.2, -0.15) is 0 Å². The Morgan fingerprint density at radius 2 is 2.00 bits per heavy atom. The molecular formula is C14H26N2OS. The number of aromatic nitrogens is 1. The maximum absolute atomic E-state index is 5.45. The van der Waals surface area contributed by atoms with Crippen LogP contribution in [0.5, 0.6) is 0 Å². The highest BCUT2D eigenvalue weighted by atomic mass is 32.1. The zero-order valence-corrected chi connectivity index (χ0v) is 13.3. The highest BCUT2D eigenvalue weighted by molar-refractivity contribution is 7.11. The molecule has 0 unspecified atom stereocenters. The lowest BCUT2D eigenvalue weighted by Gasteiger charge is -2.18. The molecule has 0 spiro atoms. The predicted molar refractivity (Wildman–Crippen MR) is 78.1 cm³/mol. The molecule has 0 fully saturated rings. The van der Waals surface area contributed by atoms with E-state index < -0.39 is 0 Å². The lowest BCUT2D eigenvalue weighted by Crippen LogP contribution is -2.23. The molecule has 1 heterocycles. The number of hydrogen-bond acceptors (Lipinski definition) is 4. The molecule has 0 amide bonds. The average Bonchev–Trinajstić information content (AvgIpc) is 2.66. The average molecular weight is 270 g/mol. The van der Waals surface area contributed by atoms with Gasteiger partial charge >= 0.3 is 0 Å². The van der Waals surface area contributed by atoms with E-state index in [1.54, 1.807) is 11.3 Å². The van der Waals surface area contributed by atoms with Gasteiger partial charge in [0.15, 0.2) is 0 Å². The summed E-state index contributed by atoms with van der Waals surface area (Å²) < 4.78 is 5.45. The van der Waals surface area contributed by atoms with Crippen LogP contribution in [-0.2, 0) is 23.3 Å². The standard InChI is InChI=1S/C14H26N2OS/c1-7-17-9-12-16-13(14(4,5)6)11(18-12)8-15-10(2)3/h10,15H,7-9H2,1-6H3. The summed E-state index contributed by atoms with van der Waals surface area (Å²) in [6.45, 7) is 15.3. The second-order valence-electron chi connectivity index (χ2n) is 5.80. The molecule has 1 N–H and O–H groups in total. The minimum atomic E-state index is 0.0922. The fourth-order valence-electron chi connectivity index (χ4n) is 1.65. The van der Waals surface area contributed by atoms with Crippen LogP contribution in [0.25, 0.3) is 0 Å². The van der Waals surface area contributed by atoms with Crippen LogP contribution in [-0.4, -0.2) is 17.6 Å². The highest BCUT2D eigenvalue weighted by Gasteiger charge is 2.23. The minimum absolute atomic E-state index is 0.0922. The van der Waals surface area contributed by atoms with E-state index in [0.29, 0.717) is 12.6 Å².